The first-order valence-electron chi connectivity index (χ1n) is 10.1. The molecule has 0 aliphatic carbocycles. The molecule has 2 aliphatic rings. The summed E-state index contributed by atoms with van der Waals surface area (Å²) in [7, 11) is 0. The molecule has 5 nitrogen and oxygen atoms in total. The average Bonchev–Trinajstić information content (AvgIpc) is 3.53. The van der Waals surface area contributed by atoms with Crippen molar-refractivity contribution < 1.29 is 17.1 Å². The number of hydrogen-bond acceptors (Lipinski definition) is 3. The largest absolute Gasteiger partial charge is 0.399 e. The normalized spacial score (nSPS) is 12.0. The molecule has 0 atom stereocenters. The summed E-state index contributed by atoms with van der Waals surface area (Å²) in [6.45, 7) is 0. The first-order chi connectivity index (χ1) is 15.2. The van der Waals surface area contributed by atoms with Gasteiger partial charge in [-0.05, 0) is 84.5 Å². The molecular formula is C26H19FeN5. The number of aromatic amines is 2. The molecule has 32 heavy (non-hydrogen) atoms. The molecule has 1 aromatic carbocycles. The standard InChI is InChI=1S/C26H19N5.Fe/c27-17-3-1-2-16(10-17)25-14-24-13-22-7-6-20(29-22)11-18-4-5-19(28-18)12-21-8-9-23(30-21)15-26(25)31-24;/h1-15,29,31H,27H2;. The Morgan fingerprint density at radius 1 is 0.594 bits per heavy atom. The van der Waals surface area contributed by atoms with E-state index in [9.17, 15) is 0 Å². The van der Waals surface area contributed by atoms with Crippen molar-refractivity contribution in [2.75, 3.05) is 5.73 Å². The Labute approximate surface area is 195 Å². The molecule has 3 aromatic heterocycles. The molecule has 0 unspecified atom stereocenters. The first-order valence-corrected chi connectivity index (χ1v) is 10.1. The van der Waals surface area contributed by atoms with Crippen molar-refractivity contribution in [2.24, 2.45) is 0 Å². The molecule has 4 aromatic rings. The minimum atomic E-state index is 0. The number of aromatic nitrogens is 4. The van der Waals surface area contributed by atoms with E-state index in [1.54, 1.807) is 0 Å². The van der Waals surface area contributed by atoms with Crippen molar-refractivity contribution in [2.45, 2.75) is 0 Å². The molecule has 8 bridgehead atoms. The van der Waals surface area contributed by atoms with Crippen LogP contribution in [0.2, 0.25) is 0 Å². The second-order valence-electron chi connectivity index (χ2n) is 7.71. The van der Waals surface area contributed by atoms with Crippen LogP contribution in [-0.2, 0) is 17.1 Å². The van der Waals surface area contributed by atoms with Crippen LogP contribution in [0.4, 0.5) is 5.69 Å². The van der Waals surface area contributed by atoms with E-state index < -0.39 is 0 Å². The van der Waals surface area contributed by atoms with Crippen LogP contribution in [0.1, 0.15) is 22.8 Å². The maximum atomic E-state index is 6.05. The van der Waals surface area contributed by atoms with E-state index in [0.717, 1.165) is 61.7 Å². The number of anilines is 1. The zero-order valence-electron chi connectivity index (χ0n) is 17.0. The van der Waals surface area contributed by atoms with Gasteiger partial charge in [-0.25, -0.2) is 9.97 Å². The second-order valence-corrected chi connectivity index (χ2v) is 7.71. The fraction of sp³-hybridized carbons (Fsp3) is 0. The van der Waals surface area contributed by atoms with Gasteiger partial charge in [-0.15, -0.1) is 0 Å². The summed E-state index contributed by atoms with van der Waals surface area (Å²) in [6.07, 6.45) is 8.05. The van der Waals surface area contributed by atoms with E-state index in [-0.39, 0.29) is 17.1 Å². The summed E-state index contributed by atoms with van der Waals surface area (Å²) in [4.78, 5) is 16.4. The van der Waals surface area contributed by atoms with Gasteiger partial charge in [0.1, 0.15) is 0 Å². The van der Waals surface area contributed by atoms with Gasteiger partial charge in [0, 0.05) is 50.4 Å². The first kappa shape index (κ1) is 20.1. The van der Waals surface area contributed by atoms with Crippen LogP contribution in [0, 0.1) is 0 Å². The van der Waals surface area contributed by atoms with Gasteiger partial charge in [-0.1, -0.05) is 12.1 Å². The molecule has 5 heterocycles. The Hall–Kier alpha value is -3.86. The third kappa shape index (κ3) is 3.89. The van der Waals surface area contributed by atoms with E-state index in [1.165, 1.54) is 0 Å². The summed E-state index contributed by atoms with van der Waals surface area (Å²) in [5.41, 5.74) is 16.5. The molecule has 0 amide bonds. The molecule has 0 saturated carbocycles. The molecule has 0 fully saturated rings. The van der Waals surface area contributed by atoms with Gasteiger partial charge in [-0.3, -0.25) is 0 Å². The topological polar surface area (TPSA) is 83.4 Å². The summed E-state index contributed by atoms with van der Waals surface area (Å²) in [5.74, 6) is 0. The van der Waals surface area contributed by atoms with Gasteiger partial charge in [0.15, 0.2) is 0 Å². The summed E-state index contributed by atoms with van der Waals surface area (Å²) >= 11 is 0. The van der Waals surface area contributed by atoms with Gasteiger partial charge in [0.25, 0.3) is 0 Å². The van der Waals surface area contributed by atoms with E-state index in [0.29, 0.717) is 0 Å². The van der Waals surface area contributed by atoms with Crippen molar-refractivity contribution in [1.29, 1.82) is 0 Å². The summed E-state index contributed by atoms with van der Waals surface area (Å²) < 4.78 is 0. The van der Waals surface area contributed by atoms with Crippen LogP contribution in [0.5, 0.6) is 0 Å². The molecule has 156 valence electrons. The number of fused-ring (bicyclic) bond motifs is 8. The fourth-order valence-electron chi connectivity index (χ4n) is 3.96. The molecule has 4 N–H and O–H groups in total. The van der Waals surface area contributed by atoms with Crippen LogP contribution < -0.4 is 5.73 Å². The number of H-pyrrole nitrogens is 2. The average molecular weight is 457 g/mol. The number of nitrogens with zero attached hydrogens (tertiary/aromatic N) is 2. The molecule has 0 spiro atoms. The maximum Gasteiger partial charge on any atom is 0.0659 e. The van der Waals surface area contributed by atoms with Crippen LogP contribution in [-0.4, -0.2) is 19.9 Å². The minimum absolute atomic E-state index is 0. The fourth-order valence-corrected chi connectivity index (χ4v) is 3.96. The maximum absolute atomic E-state index is 6.05. The zero-order valence-corrected chi connectivity index (χ0v) is 18.1. The molecule has 0 radical (unpaired) electrons. The quantitative estimate of drug-likeness (QED) is 0.212. The van der Waals surface area contributed by atoms with Crippen molar-refractivity contribution in [3.05, 3.63) is 89.5 Å². The molecule has 2 aliphatic heterocycles. The van der Waals surface area contributed by atoms with E-state index in [1.807, 2.05) is 54.6 Å². The van der Waals surface area contributed by atoms with E-state index >= 15 is 0 Å². The van der Waals surface area contributed by atoms with Gasteiger partial charge in [0.2, 0.25) is 0 Å². The number of benzene rings is 1. The Kier molecular flexibility index (Phi) is 5.02. The Morgan fingerprint density at radius 2 is 1.25 bits per heavy atom. The predicted octanol–water partition coefficient (Wildman–Crippen LogP) is 5.90. The zero-order chi connectivity index (χ0) is 20.8. The molecular weight excluding hydrogens is 438 g/mol. The van der Waals surface area contributed by atoms with Crippen LogP contribution in [0.15, 0.2) is 66.7 Å². The van der Waals surface area contributed by atoms with Crippen LogP contribution in [0.3, 0.4) is 0 Å². The third-order valence-electron chi connectivity index (χ3n) is 5.37. The Balaban J connectivity index is 0.00000216. The minimum Gasteiger partial charge on any atom is -0.399 e. The van der Waals surface area contributed by atoms with Crippen molar-refractivity contribution >= 4 is 52.1 Å². The number of rotatable bonds is 1. The predicted molar refractivity (Wildman–Crippen MR) is 129 cm³/mol. The Bertz CT molecular complexity index is 1560. The number of nitrogens with one attached hydrogen (secondary N) is 2. The second kappa shape index (κ2) is 8.00. The smallest absolute Gasteiger partial charge is 0.0659 e. The van der Waals surface area contributed by atoms with Gasteiger partial charge >= 0.3 is 0 Å². The molecule has 6 rings (SSSR count). The molecule has 6 heteroatoms. The van der Waals surface area contributed by atoms with Crippen molar-refractivity contribution in [3.63, 3.8) is 0 Å². The molecule has 0 saturated heterocycles. The Morgan fingerprint density at radius 3 is 1.97 bits per heavy atom. The van der Waals surface area contributed by atoms with Gasteiger partial charge in [-0.2, -0.15) is 0 Å². The van der Waals surface area contributed by atoms with Gasteiger partial charge < -0.3 is 15.7 Å². The summed E-state index contributed by atoms with van der Waals surface area (Å²) in [5, 5.41) is 0. The number of hydrogen-bond donors (Lipinski definition) is 3. The van der Waals surface area contributed by atoms with Crippen molar-refractivity contribution in [1.82, 2.24) is 19.9 Å². The SMILES string of the molecule is Nc1cccc(-c2cc3cc4ccc(cc5nc(cc6nc(cc2[nH]3)C=C6)C=C5)[nH]4)c1.[Fe]. The van der Waals surface area contributed by atoms with Crippen LogP contribution in [0.25, 0.3) is 57.5 Å². The van der Waals surface area contributed by atoms with Crippen molar-refractivity contribution in [3.8, 4) is 11.1 Å². The van der Waals surface area contributed by atoms with Crippen LogP contribution >= 0.6 is 0 Å². The number of nitrogens with two attached hydrogens (primary N) is 1. The summed E-state index contributed by atoms with van der Waals surface area (Å²) in [6, 6.07) is 22.4. The third-order valence-corrected chi connectivity index (χ3v) is 5.37. The monoisotopic (exact) mass is 457 g/mol. The van der Waals surface area contributed by atoms with E-state index in [2.05, 4.69) is 51.4 Å². The number of nitrogen functional groups attached to an aromatic ring is 1. The van der Waals surface area contributed by atoms with E-state index in [4.69, 9.17) is 10.7 Å². The van der Waals surface area contributed by atoms with Gasteiger partial charge in [0.05, 0.1) is 22.8 Å².